The Morgan fingerprint density at radius 3 is 2.18 bits per heavy atom. The molecule has 1 heterocycles. The number of hydrogen-bond donors (Lipinski definition) is 0. The van der Waals surface area contributed by atoms with Crippen LogP contribution >= 0.6 is 0 Å². The highest BCUT2D eigenvalue weighted by Crippen LogP contribution is 2.39. The Morgan fingerprint density at radius 1 is 0.939 bits per heavy atom. The molecule has 1 saturated heterocycles. The van der Waals surface area contributed by atoms with Crippen LogP contribution in [-0.4, -0.2) is 42.7 Å². The zero-order valence-electron chi connectivity index (χ0n) is 19.9. The van der Waals surface area contributed by atoms with E-state index >= 15 is 0 Å². The Hall–Kier alpha value is -2.60. The van der Waals surface area contributed by atoms with E-state index < -0.39 is 15.2 Å². The Bertz CT molecular complexity index is 1020. The lowest BCUT2D eigenvalue weighted by Crippen LogP contribution is -2.44. The second-order valence-corrected chi connectivity index (χ2v) is 10.9. The van der Waals surface area contributed by atoms with Gasteiger partial charge in [0.05, 0.1) is 17.0 Å². The van der Waals surface area contributed by atoms with Crippen molar-refractivity contribution in [2.45, 2.75) is 74.7 Å². The van der Waals surface area contributed by atoms with Crippen LogP contribution in [-0.2, 0) is 9.84 Å². The lowest BCUT2D eigenvalue weighted by Gasteiger charge is -2.33. The molecule has 0 spiro atoms. The first kappa shape index (κ1) is 25.0. The van der Waals surface area contributed by atoms with Crippen LogP contribution in [0.2, 0.25) is 0 Å². The molecule has 0 bridgehead atoms. The molecule has 6 heteroatoms. The summed E-state index contributed by atoms with van der Waals surface area (Å²) in [7, 11) is -2.01. The summed E-state index contributed by atoms with van der Waals surface area (Å²) in [5.74, 6) is 0. The number of sulfone groups is 1. The van der Waals surface area contributed by atoms with E-state index in [1.807, 2.05) is 37.3 Å². The van der Waals surface area contributed by atoms with Gasteiger partial charge in [0.25, 0.3) is 0 Å². The molecule has 2 aromatic rings. The van der Waals surface area contributed by atoms with E-state index in [1.165, 1.54) is 12.8 Å². The molecule has 0 aromatic heterocycles. The van der Waals surface area contributed by atoms with Gasteiger partial charge in [0.15, 0.2) is 9.84 Å². The largest absolute Gasteiger partial charge is 0.323 e. The molecule has 178 valence electrons. The summed E-state index contributed by atoms with van der Waals surface area (Å²) in [4.78, 5) is 16.9. The van der Waals surface area contributed by atoms with Crippen molar-refractivity contribution in [2.24, 2.45) is 0 Å². The minimum Gasteiger partial charge on any atom is -0.323 e. The molecule has 1 fully saturated rings. The molecule has 1 aliphatic heterocycles. The van der Waals surface area contributed by atoms with Crippen molar-refractivity contribution in [1.82, 2.24) is 9.80 Å². The first-order valence-electron chi connectivity index (χ1n) is 11.9. The molecule has 5 nitrogen and oxygen atoms in total. The number of amides is 2. The van der Waals surface area contributed by atoms with E-state index in [-0.39, 0.29) is 23.0 Å². The number of allylic oxidation sites excluding steroid dienone is 2. The second-order valence-electron chi connectivity index (χ2n) is 8.75. The average Bonchev–Trinajstić information content (AvgIpc) is 3.05. The van der Waals surface area contributed by atoms with Crippen LogP contribution in [0.3, 0.4) is 0 Å². The zero-order valence-corrected chi connectivity index (χ0v) is 20.7. The molecule has 0 saturated carbocycles. The lowest BCUT2D eigenvalue weighted by atomic mass is 10.00. The van der Waals surface area contributed by atoms with Crippen LogP contribution < -0.4 is 0 Å². The first-order chi connectivity index (χ1) is 15.9. The molecule has 1 aliphatic rings. The minimum atomic E-state index is -3.76. The van der Waals surface area contributed by atoms with Gasteiger partial charge in [-0.25, -0.2) is 13.2 Å². The van der Waals surface area contributed by atoms with Gasteiger partial charge in [-0.2, -0.15) is 0 Å². The highest BCUT2D eigenvalue weighted by Gasteiger charge is 2.49. The maximum Gasteiger partial charge on any atom is 0.321 e. The van der Waals surface area contributed by atoms with Crippen molar-refractivity contribution in [3.05, 3.63) is 78.4 Å². The topological polar surface area (TPSA) is 57.7 Å². The summed E-state index contributed by atoms with van der Waals surface area (Å²) in [5, 5.41) is -0.940. The highest BCUT2D eigenvalue weighted by molar-refractivity contribution is 7.92. The highest BCUT2D eigenvalue weighted by atomic mass is 32.2. The van der Waals surface area contributed by atoms with Gasteiger partial charge in [0, 0.05) is 7.05 Å². The van der Waals surface area contributed by atoms with Crippen molar-refractivity contribution < 1.29 is 13.2 Å². The first-order valence-corrected chi connectivity index (χ1v) is 13.5. The van der Waals surface area contributed by atoms with Gasteiger partial charge in [-0.3, -0.25) is 4.90 Å². The van der Waals surface area contributed by atoms with Gasteiger partial charge in [0.2, 0.25) is 0 Å². The number of nitrogens with zero attached hydrogens (tertiary/aromatic N) is 2. The van der Waals surface area contributed by atoms with E-state index in [0.29, 0.717) is 12.8 Å². The van der Waals surface area contributed by atoms with E-state index in [4.69, 9.17) is 0 Å². The smallest absolute Gasteiger partial charge is 0.321 e. The molecule has 0 N–H and O–H groups in total. The van der Waals surface area contributed by atoms with Crippen LogP contribution in [0.25, 0.3) is 0 Å². The fourth-order valence-corrected chi connectivity index (χ4v) is 6.33. The van der Waals surface area contributed by atoms with Crippen LogP contribution in [0.5, 0.6) is 0 Å². The number of unbranched alkanes of at least 4 members (excludes halogenated alkanes) is 3. The lowest BCUT2D eigenvalue weighted by molar-refractivity contribution is 0.182. The predicted molar refractivity (Wildman–Crippen MR) is 134 cm³/mol. The van der Waals surface area contributed by atoms with Gasteiger partial charge < -0.3 is 4.90 Å². The third-order valence-electron chi connectivity index (χ3n) is 6.49. The third-order valence-corrected chi connectivity index (χ3v) is 8.60. The van der Waals surface area contributed by atoms with Crippen LogP contribution in [0.15, 0.2) is 77.7 Å². The molecule has 0 aliphatic carbocycles. The van der Waals surface area contributed by atoms with Crippen LogP contribution in [0.1, 0.15) is 64.0 Å². The molecule has 33 heavy (non-hydrogen) atoms. The molecule has 0 radical (unpaired) electrons. The average molecular weight is 469 g/mol. The Balaban J connectivity index is 1.95. The Labute approximate surface area is 199 Å². The molecule has 0 unspecified atom stereocenters. The number of benzene rings is 2. The normalized spacial score (nSPS) is 20.0. The SMILES string of the molecule is CCCCC/C=C\CC[C@@H](N1C(=O)N(C)[C@@H](C)[C@H]1c1ccccc1)S(=O)(=O)c1ccccc1. The van der Waals surface area contributed by atoms with Crippen LogP contribution in [0, 0.1) is 0 Å². The fraction of sp³-hybridized carbons (Fsp3) is 0.444. The fourth-order valence-electron chi connectivity index (χ4n) is 4.51. The quantitative estimate of drug-likeness (QED) is 0.291. The summed E-state index contributed by atoms with van der Waals surface area (Å²) in [6.45, 7) is 4.16. The number of urea groups is 1. The molecule has 3 atom stereocenters. The van der Waals surface area contributed by atoms with Crippen molar-refractivity contribution in [1.29, 1.82) is 0 Å². The maximum absolute atomic E-state index is 13.8. The van der Waals surface area contributed by atoms with Gasteiger partial charge in [-0.05, 0) is 50.3 Å². The van der Waals surface area contributed by atoms with E-state index in [2.05, 4.69) is 19.1 Å². The molecule has 3 rings (SSSR count). The van der Waals surface area contributed by atoms with Gasteiger partial charge in [0.1, 0.15) is 5.37 Å². The van der Waals surface area contributed by atoms with Crippen LogP contribution in [0.4, 0.5) is 4.79 Å². The molecule has 2 aromatic carbocycles. The molecule has 2 amide bonds. The van der Waals surface area contributed by atoms with Crippen molar-refractivity contribution >= 4 is 15.9 Å². The minimum absolute atomic E-state index is 0.141. The standard InChI is InChI=1S/C27H36N2O3S/c1-4-5-6-7-8-9-16-21-25(33(31,32)24-19-14-11-15-20-24)29-26(22(2)28(3)27(29)30)23-17-12-10-13-18-23/h8-15,17-20,22,25-26H,4-7,16,21H2,1-3H3/b9-8-/t22-,25-,26-/m0/s1. The van der Waals surface area contributed by atoms with Crippen molar-refractivity contribution in [3.8, 4) is 0 Å². The van der Waals surface area contributed by atoms with E-state index in [0.717, 1.165) is 18.4 Å². The maximum atomic E-state index is 13.8. The van der Waals surface area contributed by atoms with Gasteiger partial charge in [-0.15, -0.1) is 0 Å². The van der Waals surface area contributed by atoms with Gasteiger partial charge >= 0.3 is 6.03 Å². The number of carbonyl (C=O) groups excluding carboxylic acids is 1. The Morgan fingerprint density at radius 2 is 1.55 bits per heavy atom. The number of hydrogen-bond acceptors (Lipinski definition) is 3. The van der Waals surface area contributed by atoms with Crippen molar-refractivity contribution in [3.63, 3.8) is 0 Å². The van der Waals surface area contributed by atoms with Crippen molar-refractivity contribution in [2.75, 3.05) is 7.05 Å². The zero-order chi connectivity index (χ0) is 23.8. The summed E-state index contributed by atoms with van der Waals surface area (Å²) in [5.41, 5.74) is 0.950. The van der Waals surface area contributed by atoms with E-state index in [1.54, 1.807) is 47.2 Å². The van der Waals surface area contributed by atoms with E-state index in [9.17, 15) is 13.2 Å². The third kappa shape index (κ3) is 5.67. The number of carbonyl (C=O) groups is 1. The second kappa shape index (κ2) is 11.5. The number of likely N-dealkylation sites (N-methyl/N-ethyl adjacent to an activating group) is 1. The summed E-state index contributed by atoms with van der Waals surface area (Å²) in [6.07, 6.45) is 9.67. The molecular formula is C27H36N2O3S. The monoisotopic (exact) mass is 468 g/mol. The summed E-state index contributed by atoms with van der Waals surface area (Å²) in [6, 6.07) is 17.5. The van der Waals surface area contributed by atoms with Gasteiger partial charge in [-0.1, -0.05) is 80.4 Å². The summed E-state index contributed by atoms with van der Waals surface area (Å²) < 4.78 is 27.6. The predicted octanol–water partition coefficient (Wildman–Crippen LogP) is 6.20. The summed E-state index contributed by atoms with van der Waals surface area (Å²) >= 11 is 0. The Kier molecular flexibility index (Phi) is 8.73. The number of rotatable bonds is 11. The molecular weight excluding hydrogens is 432 g/mol.